The Hall–Kier alpha value is -0.960. The van der Waals surface area contributed by atoms with E-state index in [4.69, 9.17) is 11.5 Å². The van der Waals surface area contributed by atoms with E-state index in [-0.39, 0.29) is 5.66 Å². The number of hydrogen-bond acceptors (Lipinski definition) is 3. The quantitative estimate of drug-likeness (QED) is 0.494. The summed E-state index contributed by atoms with van der Waals surface area (Å²) in [5, 5.41) is 3.11. The zero-order valence-corrected chi connectivity index (χ0v) is 6.38. The maximum atomic E-state index is 6.03. The normalized spacial score (nSPS) is 36.3. The van der Waals surface area contributed by atoms with Crippen LogP contribution in [-0.2, 0) is 0 Å². The van der Waals surface area contributed by atoms with Crippen LogP contribution in [0.1, 0.15) is 12.8 Å². The van der Waals surface area contributed by atoms with Crippen molar-refractivity contribution in [1.82, 2.24) is 5.32 Å². The molecule has 1 fully saturated rings. The molecule has 1 saturated carbocycles. The van der Waals surface area contributed by atoms with Crippen molar-refractivity contribution in [2.75, 3.05) is 0 Å². The lowest BCUT2D eigenvalue weighted by Crippen LogP contribution is -2.53. The first kappa shape index (κ1) is 6.73. The fourth-order valence-corrected chi connectivity index (χ4v) is 1.35. The van der Waals surface area contributed by atoms with E-state index in [1.807, 2.05) is 12.2 Å². The third-order valence-electron chi connectivity index (χ3n) is 2.29. The molecule has 1 aliphatic heterocycles. The van der Waals surface area contributed by atoms with E-state index in [2.05, 4.69) is 5.32 Å². The molecule has 0 radical (unpaired) electrons. The summed E-state index contributed by atoms with van der Waals surface area (Å²) in [6, 6.07) is 0. The molecule has 3 nitrogen and oxygen atoms in total. The predicted octanol–water partition coefficient (Wildman–Crippen LogP) is 0.0109. The second kappa shape index (κ2) is 2.01. The minimum absolute atomic E-state index is 0.317. The van der Waals surface area contributed by atoms with Gasteiger partial charge in [-0.1, -0.05) is 0 Å². The Morgan fingerprint density at radius 3 is 2.73 bits per heavy atom. The van der Waals surface area contributed by atoms with Gasteiger partial charge in [0, 0.05) is 11.9 Å². The van der Waals surface area contributed by atoms with Gasteiger partial charge >= 0.3 is 0 Å². The number of allylic oxidation sites excluding steroid dienone is 1. The molecule has 60 valence electrons. The molecule has 1 aliphatic carbocycles. The lowest BCUT2D eigenvalue weighted by Gasteiger charge is -2.29. The zero-order chi connectivity index (χ0) is 7.90. The van der Waals surface area contributed by atoms with Crippen LogP contribution < -0.4 is 16.8 Å². The predicted molar refractivity (Wildman–Crippen MR) is 44.2 cm³/mol. The van der Waals surface area contributed by atoms with Gasteiger partial charge < -0.3 is 16.8 Å². The van der Waals surface area contributed by atoms with Crippen LogP contribution >= 0.6 is 0 Å². The summed E-state index contributed by atoms with van der Waals surface area (Å²) in [6.07, 6.45) is 8.05. The zero-order valence-electron chi connectivity index (χ0n) is 6.38. The van der Waals surface area contributed by atoms with Crippen molar-refractivity contribution < 1.29 is 0 Å². The van der Waals surface area contributed by atoms with E-state index in [0.29, 0.717) is 5.92 Å². The Labute approximate surface area is 66.1 Å². The number of dihydropyridines is 1. The standard InChI is InChI=1S/C8H13N3/c9-7-3-4-8(10,11-5-7)6-1-2-6/h3-6,11H,1-2,9-10H2. The lowest BCUT2D eigenvalue weighted by atomic mass is 10.0. The third-order valence-corrected chi connectivity index (χ3v) is 2.29. The minimum Gasteiger partial charge on any atom is -0.398 e. The number of nitrogens with one attached hydrogen (secondary N) is 1. The van der Waals surface area contributed by atoms with Gasteiger partial charge in [-0.05, 0) is 30.9 Å². The first-order valence-corrected chi connectivity index (χ1v) is 3.92. The second-order valence-electron chi connectivity index (χ2n) is 3.33. The van der Waals surface area contributed by atoms with Crippen LogP contribution in [0.5, 0.6) is 0 Å². The highest BCUT2D eigenvalue weighted by atomic mass is 15.1. The molecule has 0 aromatic carbocycles. The van der Waals surface area contributed by atoms with Gasteiger partial charge in [0.2, 0.25) is 0 Å². The molecule has 0 aromatic heterocycles. The highest BCUT2D eigenvalue weighted by molar-refractivity contribution is 5.26. The van der Waals surface area contributed by atoms with E-state index in [9.17, 15) is 0 Å². The van der Waals surface area contributed by atoms with Gasteiger partial charge in [-0.3, -0.25) is 0 Å². The summed E-state index contributed by atoms with van der Waals surface area (Å²) >= 11 is 0. The van der Waals surface area contributed by atoms with Crippen LogP contribution in [0.4, 0.5) is 0 Å². The van der Waals surface area contributed by atoms with Crippen LogP contribution in [0.25, 0.3) is 0 Å². The molecule has 1 unspecified atom stereocenters. The van der Waals surface area contributed by atoms with Gasteiger partial charge in [0.15, 0.2) is 0 Å². The summed E-state index contributed by atoms with van der Waals surface area (Å²) in [5.74, 6) is 0.600. The number of nitrogens with two attached hydrogens (primary N) is 2. The van der Waals surface area contributed by atoms with Crippen molar-refractivity contribution >= 4 is 0 Å². The van der Waals surface area contributed by atoms with E-state index in [1.165, 1.54) is 12.8 Å². The van der Waals surface area contributed by atoms with Crippen molar-refractivity contribution in [3.05, 3.63) is 24.0 Å². The van der Waals surface area contributed by atoms with E-state index in [0.717, 1.165) is 5.70 Å². The monoisotopic (exact) mass is 151 g/mol. The molecule has 2 rings (SSSR count). The molecule has 1 heterocycles. The minimum atomic E-state index is -0.317. The largest absolute Gasteiger partial charge is 0.398 e. The van der Waals surface area contributed by atoms with Crippen molar-refractivity contribution in [3.63, 3.8) is 0 Å². The van der Waals surface area contributed by atoms with Crippen molar-refractivity contribution in [2.24, 2.45) is 17.4 Å². The molecular formula is C8H13N3. The van der Waals surface area contributed by atoms with E-state index < -0.39 is 0 Å². The Kier molecular flexibility index (Phi) is 1.23. The number of hydrogen-bond donors (Lipinski definition) is 3. The Morgan fingerprint density at radius 1 is 1.55 bits per heavy atom. The summed E-state index contributed by atoms with van der Waals surface area (Å²) in [7, 11) is 0. The molecule has 2 aliphatic rings. The summed E-state index contributed by atoms with van der Waals surface area (Å²) in [6.45, 7) is 0. The van der Waals surface area contributed by atoms with Crippen LogP contribution in [0, 0.1) is 5.92 Å². The topological polar surface area (TPSA) is 64.1 Å². The van der Waals surface area contributed by atoms with Crippen molar-refractivity contribution in [1.29, 1.82) is 0 Å². The smallest absolute Gasteiger partial charge is 0.108 e. The maximum Gasteiger partial charge on any atom is 0.108 e. The molecule has 0 amide bonds. The van der Waals surface area contributed by atoms with E-state index >= 15 is 0 Å². The van der Waals surface area contributed by atoms with Crippen molar-refractivity contribution in [2.45, 2.75) is 18.5 Å². The van der Waals surface area contributed by atoms with Crippen LogP contribution in [-0.4, -0.2) is 5.66 Å². The molecule has 0 spiro atoms. The molecule has 0 aromatic rings. The SMILES string of the molecule is NC1=CNC(N)(C2CC2)C=C1. The highest BCUT2D eigenvalue weighted by Gasteiger charge is 2.40. The molecule has 0 bridgehead atoms. The first-order valence-electron chi connectivity index (χ1n) is 3.92. The Bertz CT molecular complexity index is 227. The van der Waals surface area contributed by atoms with Crippen LogP contribution in [0.2, 0.25) is 0 Å². The highest BCUT2D eigenvalue weighted by Crippen LogP contribution is 2.38. The third kappa shape index (κ3) is 1.12. The summed E-state index contributed by atoms with van der Waals surface area (Å²) in [5.41, 5.74) is 12.0. The van der Waals surface area contributed by atoms with Gasteiger partial charge in [0.25, 0.3) is 0 Å². The lowest BCUT2D eigenvalue weighted by molar-refractivity contribution is 0.409. The molecule has 5 N–H and O–H groups in total. The van der Waals surface area contributed by atoms with E-state index in [1.54, 1.807) is 6.20 Å². The van der Waals surface area contributed by atoms with Crippen molar-refractivity contribution in [3.8, 4) is 0 Å². The fourth-order valence-electron chi connectivity index (χ4n) is 1.35. The summed E-state index contributed by atoms with van der Waals surface area (Å²) < 4.78 is 0. The Morgan fingerprint density at radius 2 is 2.27 bits per heavy atom. The van der Waals surface area contributed by atoms with Crippen LogP contribution in [0.3, 0.4) is 0 Å². The molecular weight excluding hydrogens is 138 g/mol. The summed E-state index contributed by atoms with van der Waals surface area (Å²) in [4.78, 5) is 0. The fraction of sp³-hybridized carbons (Fsp3) is 0.500. The maximum absolute atomic E-state index is 6.03. The first-order chi connectivity index (χ1) is 5.21. The van der Waals surface area contributed by atoms with Gasteiger partial charge in [0.1, 0.15) is 5.66 Å². The molecule has 0 saturated heterocycles. The molecule has 3 heteroatoms. The average Bonchev–Trinajstić information content (AvgIpc) is 2.77. The van der Waals surface area contributed by atoms with Gasteiger partial charge in [0.05, 0.1) is 0 Å². The molecule has 1 atom stereocenters. The van der Waals surface area contributed by atoms with Gasteiger partial charge in [-0.25, -0.2) is 0 Å². The average molecular weight is 151 g/mol. The molecule has 11 heavy (non-hydrogen) atoms. The van der Waals surface area contributed by atoms with Gasteiger partial charge in [-0.15, -0.1) is 0 Å². The Balaban J connectivity index is 2.13. The second-order valence-corrected chi connectivity index (χ2v) is 3.33. The van der Waals surface area contributed by atoms with Crippen LogP contribution in [0.15, 0.2) is 24.0 Å². The van der Waals surface area contributed by atoms with Gasteiger partial charge in [-0.2, -0.15) is 0 Å². The number of rotatable bonds is 1.